The number of nitrogen functional groups attached to an aromatic ring is 1. The van der Waals surface area contributed by atoms with Crippen LogP contribution >= 0.6 is 0 Å². The quantitative estimate of drug-likeness (QED) is 0.853. The fraction of sp³-hybridized carbons (Fsp3) is 0.278. The van der Waals surface area contributed by atoms with Crippen LogP contribution in [0.25, 0.3) is 0 Å². The highest BCUT2D eigenvalue weighted by Crippen LogP contribution is 2.19. The van der Waals surface area contributed by atoms with E-state index in [0.29, 0.717) is 17.8 Å². The van der Waals surface area contributed by atoms with Gasteiger partial charge < -0.3 is 11.1 Å². The predicted octanol–water partition coefficient (Wildman–Crippen LogP) is 2.66. The summed E-state index contributed by atoms with van der Waals surface area (Å²) in [6.45, 7) is 2.71. The Balaban J connectivity index is 1.51. The fourth-order valence-corrected chi connectivity index (χ4v) is 2.83. The Morgan fingerprint density at radius 2 is 1.82 bits per heavy atom. The summed E-state index contributed by atoms with van der Waals surface area (Å²) in [4.78, 5) is 14.4. The number of nitrogens with two attached hydrogens (primary N) is 1. The standard InChI is InChI=1S/C18H21N3O/c19-16-7-3-4-8-17(16)20-18(22)10-12-21-11-9-14-5-1-2-6-15(14)13-21/h1-8H,9-13,19H2,(H,20,22). The molecule has 4 heteroatoms. The summed E-state index contributed by atoms with van der Waals surface area (Å²) in [7, 11) is 0. The maximum absolute atomic E-state index is 12.1. The first-order valence-electron chi connectivity index (χ1n) is 7.66. The average molecular weight is 295 g/mol. The van der Waals surface area contributed by atoms with Gasteiger partial charge in [0.2, 0.25) is 5.91 Å². The highest BCUT2D eigenvalue weighted by atomic mass is 16.1. The number of fused-ring (bicyclic) bond motifs is 1. The molecule has 1 amide bonds. The van der Waals surface area contributed by atoms with Crippen molar-refractivity contribution in [1.82, 2.24) is 4.90 Å². The van der Waals surface area contributed by atoms with Crippen LogP contribution < -0.4 is 11.1 Å². The molecule has 0 unspecified atom stereocenters. The number of hydrogen-bond acceptors (Lipinski definition) is 3. The highest BCUT2D eigenvalue weighted by Gasteiger charge is 2.16. The van der Waals surface area contributed by atoms with Crippen molar-refractivity contribution < 1.29 is 4.79 Å². The molecule has 0 fully saturated rings. The van der Waals surface area contributed by atoms with Crippen LogP contribution in [-0.4, -0.2) is 23.9 Å². The predicted molar refractivity (Wildman–Crippen MR) is 89.5 cm³/mol. The number of anilines is 2. The summed E-state index contributed by atoms with van der Waals surface area (Å²) >= 11 is 0. The summed E-state index contributed by atoms with van der Waals surface area (Å²) in [6.07, 6.45) is 1.54. The van der Waals surface area contributed by atoms with Gasteiger partial charge in [0.05, 0.1) is 11.4 Å². The average Bonchev–Trinajstić information content (AvgIpc) is 2.55. The van der Waals surface area contributed by atoms with Gasteiger partial charge in [0.25, 0.3) is 0 Å². The fourth-order valence-electron chi connectivity index (χ4n) is 2.83. The van der Waals surface area contributed by atoms with E-state index in [0.717, 1.165) is 26.1 Å². The molecule has 3 rings (SSSR count). The maximum Gasteiger partial charge on any atom is 0.225 e. The van der Waals surface area contributed by atoms with E-state index in [1.165, 1.54) is 11.1 Å². The monoisotopic (exact) mass is 295 g/mol. The Labute approximate surface area is 130 Å². The number of nitrogens with zero attached hydrogens (tertiary/aromatic N) is 1. The minimum Gasteiger partial charge on any atom is -0.397 e. The molecule has 0 atom stereocenters. The number of benzene rings is 2. The summed E-state index contributed by atoms with van der Waals surface area (Å²) in [5.74, 6) is 0.0109. The lowest BCUT2D eigenvalue weighted by atomic mass is 10.00. The molecule has 0 saturated heterocycles. The van der Waals surface area contributed by atoms with E-state index < -0.39 is 0 Å². The molecule has 0 aliphatic carbocycles. The zero-order chi connectivity index (χ0) is 15.4. The van der Waals surface area contributed by atoms with E-state index >= 15 is 0 Å². The largest absolute Gasteiger partial charge is 0.397 e. The number of para-hydroxylation sites is 2. The normalized spacial score (nSPS) is 14.4. The Kier molecular flexibility index (Phi) is 4.39. The van der Waals surface area contributed by atoms with Crippen molar-refractivity contribution in [1.29, 1.82) is 0 Å². The summed E-state index contributed by atoms with van der Waals surface area (Å²) in [5.41, 5.74) is 9.93. The van der Waals surface area contributed by atoms with Gasteiger partial charge in [-0.15, -0.1) is 0 Å². The van der Waals surface area contributed by atoms with Gasteiger partial charge >= 0.3 is 0 Å². The van der Waals surface area contributed by atoms with Crippen molar-refractivity contribution in [2.75, 3.05) is 24.1 Å². The van der Waals surface area contributed by atoms with Gasteiger partial charge in [-0.3, -0.25) is 9.69 Å². The molecule has 0 aromatic heterocycles. The van der Waals surface area contributed by atoms with Crippen LogP contribution in [0.2, 0.25) is 0 Å². The minimum absolute atomic E-state index is 0.0109. The first-order valence-corrected chi connectivity index (χ1v) is 7.66. The first-order chi connectivity index (χ1) is 10.7. The molecular formula is C18H21N3O. The van der Waals surface area contributed by atoms with Gasteiger partial charge in [0.15, 0.2) is 0 Å². The SMILES string of the molecule is Nc1ccccc1NC(=O)CCN1CCc2ccccc2C1. The number of rotatable bonds is 4. The van der Waals surface area contributed by atoms with Crippen LogP contribution in [0.15, 0.2) is 48.5 Å². The van der Waals surface area contributed by atoms with Crippen LogP contribution in [0.3, 0.4) is 0 Å². The lowest BCUT2D eigenvalue weighted by Crippen LogP contribution is -2.33. The van der Waals surface area contributed by atoms with Crippen LogP contribution in [0, 0.1) is 0 Å². The molecule has 0 saturated carbocycles. The Bertz CT molecular complexity index is 669. The van der Waals surface area contributed by atoms with E-state index in [2.05, 4.69) is 34.5 Å². The van der Waals surface area contributed by atoms with Gasteiger partial charge in [0.1, 0.15) is 0 Å². The smallest absolute Gasteiger partial charge is 0.225 e. The second-order valence-electron chi connectivity index (χ2n) is 5.68. The third-order valence-corrected chi connectivity index (χ3v) is 4.10. The molecular weight excluding hydrogens is 274 g/mol. The third kappa shape index (κ3) is 3.46. The van der Waals surface area contributed by atoms with E-state index in [-0.39, 0.29) is 5.91 Å². The second kappa shape index (κ2) is 6.62. The molecule has 114 valence electrons. The van der Waals surface area contributed by atoms with Crippen molar-refractivity contribution in [2.45, 2.75) is 19.4 Å². The first kappa shape index (κ1) is 14.6. The topological polar surface area (TPSA) is 58.4 Å². The van der Waals surface area contributed by atoms with Crippen molar-refractivity contribution in [3.63, 3.8) is 0 Å². The van der Waals surface area contributed by atoms with Gasteiger partial charge in [0, 0.05) is 26.1 Å². The Morgan fingerprint density at radius 3 is 2.64 bits per heavy atom. The van der Waals surface area contributed by atoms with Crippen molar-refractivity contribution in [3.8, 4) is 0 Å². The number of amides is 1. The van der Waals surface area contributed by atoms with E-state index in [4.69, 9.17) is 5.73 Å². The van der Waals surface area contributed by atoms with Crippen molar-refractivity contribution >= 4 is 17.3 Å². The molecule has 0 radical (unpaired) electrons. The number of carbonyl (C=O) groups is 1. The molecule has 2 aromatic carbocycles. The third-order valence-electron chi connectivity index (χ3n) is 4.10. The van der Waals surface area contributed by atoms with E-state index in [9.17, 15) is 4.79 Å². The van der Waals surface area contributed by atoms with Crippen LogP contribution in [0.1, 0.15) is 17.5 Å². The lowest BCUT2D eigenvalue weighted by Gasteiger charge is -2.28. The molecule has 1 aliphatic heterocycles. The lowest BCUT2D eigenvalue weighted by molar-refractivity contribution is -0.116. The van der Waals surface area contributed by atoms with Crippen LogP contribution in [0.5, 0.6) is 0 Å². The minimum atomic E-state index is 0.0109. The highest BCUT2D eigenvalue weighted by molar-refractivity contribution is 5.93. The molecule has 0 spiro atoms. The van der Waals surface area contributed by atoms with Gasteiger partial charge in [-0.1, -0.05) is 36.4 Å². The van der Waals surface area contributed by atoms with Crippen molar-refractivity contribution in [3.05, 3.63) is 59.7 Å². The zero-order valence-electron chi connectivity index (χ0n) is 12.6. The molecule has 22 heavy (non-hydrogen) atoms. The summed E-state index contributed by atoms with van der Waals surface area (Å²) < 4.78 is 0. The zero-order valence-corrected chi connectivity index (χ0v) is 12.6. The molecule has 2 aromatic rings. The summed E-state index contributed by atoms with van der Waals surface area (Å²) in [5, 5.41) is 2.88. The van der Waals surface area contributed by atoms with Crippen LogP contribution in [0.4, 0.5) is 11.4 Å². The number of carbonyl (C=O) groups excluding carboxylic acids is 1. The van der Waals surface area contributed by atoms with Gasteiger partial charge in [-0.25, -0.2) is 0 Å². The van der Waals surface area contributed by atoms with Crippen molar-refractivity contribution in [2.24, 2.45) is 0 Å². The molecule has 0 bridgehead atoms. The number of nitrogens with one attached hydrogen (secondary N) is 1. The molecule has 3 N–H and O–H groups in total. The van der Waals surface area contributed by atoms with E-state index in [1.807, 2.05) is 18.2 Å². The number of hydrogen-bond donors (Lipinski definition) is 2. The van der Waals surface area contributed by atoms with Gasteiger partial charge in [-0.05, 0) is 29.7 Å². The van der Waals surface area contributed by atoms with Crippen LogP contribution in [-0.2, 0) is 17.8 Å². The van der Waals surface area contributed by atoms with Gasteiger partial charge in [-0.2, -0.15) is 0 Å². The molecule has 1 aliphatic rings. The second-order valence-corrected chi connectivity index (χ2v) is 5.68. The van der Waals surface area contributed by atoms with E-state index in [1.54, 1.807) is 6.07 Å². The molecule has 1 heterocycles. The Hall–Kier alpha value is -2.33. The molecule has 4 nitrogen and oxygen atoms in total. The maximum atomic E-state index is 12.1. The Morgan fingerprint density at radius 1 is 1.09 bits per heavy atom. The summed E-state index contributed by atoms with van der Waals surface area (Å²) in [6, 6.07) is 15.9.